The lowest BCUT2D eigenvalue weighted by molar-refractivity contribution is 0.0734. The standard InChI is InChI=1S/C18H18N4O/c1-21-12-14(13-5-2-3-6-16(13)21)18(23)22-10-4-7-17(22)15-11-19-8-9-20-15/h2-3,5-6,8-9,11-12,17H,4,7,10H2,1H3/t17-/m0/s1. The monoisotopic (exact) mass is 306 g/mol. The van der Waals surface area contributed by atoms with Gasteiger partial charge in [0.1, 0.15) is 0 Å². The van der Waals surface area contributed by atoms with Gasteiger partial charge in [-0.25, -0.2) is 0 Å². The molecule has 1 saturated heterocycles. The van der Waals surface area contributed by atoms with Gasteiger partial charge in [0.05, 0.1) is 23.5 Å². The summed E-state index contributed by atoms with van der Waals surface area (Å²) in [6, 6.07) is 8.04. The van der Waals surface area contributed by atoms with E-state index in [1.165, 1.54) is 0 Å². The third-order valence-electron chi connectivity index (χ3n) is 4.57. The molecule has 3 heterocycles. The Morgan fingerprint density at radius 3 is 2.96 bits per heavy atom. The van der Waals surface area contributed by atoms with E-state index in [-0.39, 0.29) is 11.9 Å². The molecule has 0 saturated carbocycles. The molecule has 0 aliphatic carbocycles. The summed E-state index contributed by atoms with van der Waals surface area (Å²) >= 11 is 0. The molecule has 5 nitrogen and oxygen atoms in total. The van der Waals surface area contributed by atoms with Crippen LogP contribution in [0.5, 0.6) is 0 Å². The Bertz CT molecular complexity index is 856. The van der Waals surface area contributed by atoms with E-state index < -0.39 is 0 Å². The first-order valence-electron chi connectivity index (χ1n) is 7.86. The third-order valence-corrected chi connectivity index (χ3v) is 4.57. The van der Waals surface area contributed by atoms with Crippen molar-refractivity contribution in [3.8, 4) is 0 Å². The summed E-state index contributed by atoms with van der Waals surface area (Å²) in [6.45, 7) is 0.767. The zero-order valence-corrected chi connectivity index (χ0v) is 13.0. The summed E-state index contributed by atoms with van der Waals surface area (Å²) in [6.07, 6.45) is 8.98. The van der Waals surface area contributed by atoms with Crippen molar-refractivity contribution in [2.24, 2.45) is 7.05 Å². The average Bonchev–Trinajstić information content (AvgIpc) is 3.21. The highest BCUT2D eigenvalue weighted by molar-refractivity contribution is 6.07. The fourth-order valence-corrected chi connectivity index (χ4v) is 3.47. The molecule has 0 radical (unpaired) electrons. The fraction of sp³-hybridized carbons (Fsp3) is 0.278. The number of aromatic nitrogens is 3. The van der Waals surface area contributed by atoms with E-state index in [2.05, 4.69) is 9.97 Å². The van der Waals surface area contributed by atoms with E-state index >= 15 is 0 Å². The van der Waals surface area contributed by atoms with Gasteiger partial charge in [0.15, 0.2) is 0 Å². The second-order valence-corrected chi connectivity index (χ2v) is 5.96. The summed E-state index contributed by atoms with van der Waals surface area (Å²) in [4.78, 5) is 23.6. The van der Waals surface area contributed by atoms with Crippen LogP contribution in [-0.2, 0) is 7.05 Å². The summed E-state index contributed by atoms with van der Waals surface area (Å²) in [5.41, 5.74) is 2.71. The number of amides is 1. The topological polar surface area (TPSA) is 51.0 Å². The SMILES string of the molecule is Cn1cc(C(=O)N2CCC[C@H]2c2cnccn2)c2ccccc21. The third kappa shape index (κ3) is 2.29. The van der Waals surface area contributed by atoms with Gasteiger partial charge in [-0.05, 0) is 18.9 Å². The Morgan fingerprint density at radius 1 is 1.26 bits per heavy atom. The second kappa shape index (κ2) is 5.50. The fourth-order valence-electron chi connectivity index (χ4n) is 3.47. The van der Waals surface area contributed by atoms with Gasteiger partial charge in [-0.2, -0.15) is 0 Å². The van der Waals surface area contributed by atoms with Crippen LogP contribution in [-0.4, -0.2) is 31.9 Å². The van der Waals surface area contributed by atoms with Gasteiger partial charge in [0.25, 0.3) is 5.91 Å². The molecule has 0 bridgehead atoms. The van der Waals surface area contributed by atoms with Crippen molar-refractivity contribution in [1.29, 1.82) is 0 Å². The molecule has 1 aliphatic rings. The van der Waals surface area contributed by atoms with Crippen LogP contribution in [0.15, 0.2) is 49.1 Å². The highest BCUT2D eigenvalue weighted by atomic mass is 16.2. The van der Waals surface area contributed by atoms with Crippen molar-refractivity contribution in [2.75, 3.05) is 6.54 Å². The van der Waals surface area contributed by atoms with Crippen molar-refractivity contribution >= 4 is 16.8 Å². The number of likely N-dealkylation sites (tertiary alicyclic amines) is 1. The van der Waals surface area contributed by atoms with Gasteiger partial charge >= 0.3 is 0 Å². The molecule has 1 aromatic carbocycles. The molecule has 1 amide bonds. The van der Waals surface area contributed by atoms with E-state index in [0.717, 1.165) is 41.5 Å². The van der Waals surface area contributed by atoms with Gasteiger partial charge in [-0.15, -0.1) is 0 Å². The molecule has 23 heavy (non-hydrogen) atoms. The number of carbonyl (C=O) groups excluding carboxylic acids is 1. The predicted octanol–water partition coefficient (Wildman–Crippen LogP) is 2.95. The minimum absolute atomic E-state index is 0.0233. The maximum absolute atomic E-state index is 13.1. The van der Waals surface area contributed by atoms with Crippen molar-refractivity contribution in [3.05, 3.63) is 60.3 Å². The van der Waals surface area contributed by atoms with E-state index in [9.17, 15) is 4.79 Å². The zero-order chi connectivity index (χ0) is 15.8. The maximum atomic E-state index is 13.1. The largest absolute Gasteiger partial charge is 0.350 e. The molecule has 2 aromatic heterocycles. The van der Waals surface area contributed by atoms with Gasteiger partial charge < -0.3 is 9.47 Å². The van der Waals surface area contributed by atoms with Crippen LogP contribution < -0.4 is 0 Å². The molecule has 5 heteroatoms. The van der Waals surface area contributed by atoms with E-state index in [1.807, 2.05) is 47.0 Å². The first-order chi connectivity index (χ1) is 11.3. The van der Waals surface area contributed by atoms with Crippen molar-refractivity contribution in [3.63, 3.8) is 0 Å². The Labute approximate surface area is 134 Å². The molecule has 3 aromatic rings. The lowest BCUT2D eigenvalue weighted by Crippen LogP contribution is -2.31. The summed E-state index contributed by atoms with van der Waals surface area (Å²) in [5, 5.41) is 1.00. The molecular formula is C18H18N4O. The van der Waals surface area contributed by atoms with Crippen LogP contribution in [0.3, 0.4) is 0 Å². The minimum atomic E-state index is 0.0233. The Morgan fingerprint density at radius 2 is 2.13 bits per heavy atom. The quantitative estimate of drug-likeness (QED) is 0.731. The summed E-state index contributed by atoms with van der Waals surface area (Å²) < 4.78 is 2.01. The molecular weight excluding hydrogens is 288 g/mol. The van der Waals surface area contributed by atoms with Gasteiger partial charge in [-0.3, -0.25) is 14.8 Å². The number of aryl methyl sites for hydroxylation is 1. The van der Waals surface area contributed by atoms with Crippen molar-refractivity contribution in [2.45, 2.75) is 18.9 Å². The van der Waals surface area contributed by atoms with Gasteiger partial charge in [0.2, 0.25) is 0 Å². The number of carbonyl (C=O) groups is 1. The Kier molecular flexibility index (Phi) is 3.33. The Balaban J connectivity index is 1.73. The first kappa shape index (κ1) is 13.9. The normalized spacial score (nSPS) is 17.8. The van der Waals surface area contributed by atoms with E-state index in [1.54, 1.807) is 18.6 Å². The van der Waals surface area contributed by atoms with Crippen LogP contribution in [0.25, 0.3) is 10.9 Å². The number of rotatable bonds is 2. The van der Waals surface area contributed by atoms with Crippen molar-refractivity contribution in [1.82, 2.24) is 19.4 Å². The number of para-hydroxylation sites is 1. The maximum Gasteiger partial charge on any atom is 0.256 e. The summed E-state index contributed by atoms with van der Waals surface area (Å²) in [7, 11) is 1.98. The van der Waals surface area contributed by atoms with Gasteiger partial charge in [0, 0.05) is 43.1 Å². The predicted molar refractivity (Wildman–Crippen MR) is 88.0 cm³/mol. The lowest BCUT2D eigenvalue weighted by atomic mass is 10.1. The highest BCUT2D eigenvalue weighted by Crippen LogP contribution is 2.33. The number of fused-ring (bicyclic) bond motifs is 1. The molecule has 0 N–H and O–H groups in total. The Hall–Kier alpha value is -2.69. The molecule has 4 rings (SSSR count). The second-order valence-electron chi connectivity index (χ2n) is 5.96. The number of hydrogen-bond donors (Lipinski definition) is 0. The zero-order valence-electron chi connectivity index (χ0n) is 13.0. The molecule has 0 spiro atoms. The number of hydrogen-bond acceptors (Lipinski definition) is 3. The average molecular weight is 306 g/mol. The first-order valence-corrected chi connectivity index (χ1v) is 7.86. The molecule has 116 valence electrons. The molecule has 1 atom stereocenters. The van der Waals surface area contributed by atoms with E-state index in [0.29, 0.717) is 0 Å². The molecule has 1 fully saturated rings. The van der Waals surface area contributed by atoms with Crippen LogP contribution >= 0.6 is 0 Å². The lowest BCUT2D eigenvalue weighted by Gasteiger charge is -2.23. The van der Waals surface area contributed by atoms with Crippen LogP contribution in [0, 0.1) is 0 Å². The minimum Gasteiger partial charge on any atom is -0.350 e. The van der Waals surface area contributed by atoms with Crippen LogP contribution in [0.4, 0.5) is 0 Å². The number of nitrogens with zero attached hydrogens (tertiary/aromatic N) is 4. The van der Waals surface area contributed by atoms with Crippen LogP contribution in [0.2, 0.25) is 0 Å². The number of benzene rings is 1. The van der Waals surface area contributed by atoms with Crippen molar-refractivity contribution < 1.29 is 4.79 Å². The smallest absolute Gasteiger partial charge is 0.256 e. The van der Waals surface area contributed by atoms with Crippen LogP contribution in [0.1, 0.15) is 34.9 Å². The highest BCUT2D eigenvalue weighted by Gasteiger charge is 2.32. The van der Waals surface area contributed by atoms with Gasteiger partial charge in [-0.1, -0.05) is 18.2 Å². The summed E-state index contributed by atoms with van der Waals surface area (Å²) in [5.74, 6) is 0.0787. The van der Waals surface area contributed by atoms with E-state index in [4.69, 9.17) is 0 Å². The molecule has 1 aliphatic heterocycles. The molecule has 0 unspecified atom stereocenters.